The molecule has 0 radical (unpaired) electrons. The predicted molar refractivity (Wildman–Crippen MR) is 74.6 cm³/mol. The van der Waals surface area contributed by atoms with Crippen molar-refractivity contribution in [2.75, 3.05) is 6.26 Å². The topological polar surface area (TPSA) is 55.1 Å². The van der Waals surface area contributed by atoms with Crippen molar-refractivity contribution >= 4 is 29.0 Å². The maximum Gasteiger partial charge on any atom is 0.249 e. The second kappa shape index (κ2) is 5.89. The molecule has 1 aromatic heterocycles. The largest absolute Gasteiger partial charge is 0.366 e. The number of nitrogens with one attached hydrogen (secondary N) is 1. The lowest BCUT2D eigenvalue weighted by Gasteiger charge is -2.18. The summed E-state index contributed by atoms with van der Waals surface area (Å²) in [5, 5.41) is 6.16. The standard InChI is InChI=1S/C12H18N2OS2/c1-16-11-4-2-3-10(11)14-6-9-5-8(7-17-9)12(13)15/h5,7,10-11,14H,2-4,6H2,1H3,(H2,13,15). The Hall–Kier alpha value is -0.520. The molecule has 1 aromatic rings. The summed E-state index contributed by atoms with van der Waals surface area (Å²) >= 11 is 3.55. The third kappa shape index (κ3) is 3.24. The fraction of sp³-hybridized carbons (Fsp3) is 0.583. The van der Waals surface area contributed by atoms with E-state index in [4.69, 9.17) is 5.73 Å². The quantitative estimate of drug-likeness (QED) is 0.862. The van der Waals surface area contributed by atoms with Crippen LogP contribution >= 0.6 is 23.1 Å². The van der Waals surface area contributed by atoms with E-state index >= 15 is 0 Å². The van der Waals surface area contributed by atoms with Gasteiger partial charge in [-0.25, -0.2) is 0 Å². The van der Waals surface area contributed by atoms with Crippen LogP contribution in [0.15, 0.2) is 11.4 Å². The number of carbonyl (C=O) groups excluding carboxylic acids is 1. The normalized spacial score (nSPS) is 24.1. The van der Waals surface area contributed by atoms with Crippen LogP contribution in [-0.2, 0) is 6.54 Å². The molecule has 2 unspecified atom stereocenters. The monoisotopic (exact) mass is 270 g/mol. The molecule has 5 heteroatoms. The first-order valence-electron chi connectivity index (χ1n) is 5.84. The van der Waals surface area contributed by atoms with Gasteiger partial charge in [-0.2, -0.15) is 11.8 Å². The molecule has 0 spiro atoms. The van der Waals surface area contributed by atoms with E-state index in [0.717, 1.165) is 11.8 Å². The van der Waals surface area contributed by atoms with Crippen molar-refractivity contribution in [2.45, 2.75) is 37.1 Å². The number of carbonyl (C=O) groups is 1. The second-order valence-electron chi connectivity index (χ2n) is 4.36. The minimum absolute atomic E-state index is 0.338. The summed E-state index contributed by atoms with van der Waals surface area (Å²) in [5.74, 6) is -0.338. The highest BCUT2D eigenvalue weighted by Gasteiger charge is 2.25. The number of hydrogen-bond donors (Lipinski definition) is 2. The van der Waals surface area contributed by atoms with Crippen molar-refractivity contribution in [1.82, 2.24) is 5.32 Å². The smallest absolute Gasteiger partial charge is 0.249 e. The van der Waals surface area contributed by atoms with Crippen LogP contribution in [0.1, 0.15) is 34.5 Å². The molecule has 17 heavy (non-hydrogen) atoms. The van der Waals surface area contributed by atoms with E-state index in [9.17, 15) is 4.79 Å². The van der Waals surface area contributed by atoms with Gasteiger partial charge in [0.15, 0.2) is 0 Å². The van der Waals surface area contributed by atoms with Gasteiger partial charge < -0.3 is 11.1 Å². The summed E-state index contributed by atoms with van der Waals surface area (Å²) in [4.78, 5) is 12.2. The summed E-state index contributed by atoms with van der Waals surface area (Å²) in [5.41, 5.74) is 5.86. The molecule has 2 atom stereocenters. The van der Waals surface area contributed by atoms with E-state index in [0.29, 0.717) is 11.6 Å². The maximum atomic E-state index is 11.0. The Morgan fingerprint density at radius 2 is 2.47 bits per heavy atom. The maximum absolute atomic E-state index is 11.0. The van der Waals surface area contributed by atoms with Gasteiger partial charge in [-0.1, -0.05) is 6.42 Å². The van der Waals surface area contributed by atoms with Crippen LogP contribution in [0.4, 0.5) is 0 Å². The highest BCUT2D eigenvalue weighted by Crippen LogP contribution is 2.28. The predicted octanol–water partition coefficient (Wildman–Crippen LogP) is 2.22. The zero-order chi connectivity index (χ0) is 12.3. The highest BCUT2D eigenvalue weighted by atomic mass is 32.2. The third-order valence-corrected chi connectivity index (χ3v) is 5.34. The van der Waals surface area contributed by atoms with Crippen molar-refractivity contribution in [3.63, 3.8) is 0 Å². The van der Waals surface area contributed by atoms with E-state index in [1.807, 2.05) is 23.2 Å². The Balaban J connectivity index is 1.86. The van der Waals surface area contributed by atoms with Crippen LogP contribution in [0.5, 0.6) is 0 Å². The molecular weight excluding hydrogens is 252 g/mol. The molecule has 2 rings (SSSR count). The zero-order valence-corrected chi connectivity index (χ0v) is 11.6. The number of thioether (sulfide) groups is 1. The van der Waals surface area contributed by atoms with Crippen LogP contribution in [-0.4, -0.2) is 23.5 Å². The minimum Gasteiger partial charge on any atom is -0.366 e. The van der Waals surface area contributed by atoms with E-state index < -0.39 is 0 Å². The lowest BCUT2D eigenvalue weighted by Crippen LogP contribution is -2.33. The van der Waals surface area contributed by atoms with Crippen molar-refractivity contribution in [3.8, 4) is 0 Å². The Morgan fingerprint density at radius 3 is 3.12 bits per heavy atom. The van der Waals surface area contributed by atoms with Crippen molar-refractivity contribution < 1.29 is 4.79 Å². The van der Waals surface area contributed by atoms with Crippen molar-refractivity contribution in [1.29, 1.82) is 0 Å². The molecule has 1 fully saturated rings. The zero-order valence-electron chi connectivity index (χ0n) is 9.94. The van der Waals surface area contributed by atoms with Gasteiger partial charge in [0.2, 0.25) is 5.91 Å². The minimum atomic E-state index is -0.338. The molecule has 1 amide bonds. The first kappa shape index (κ1) is 12.9. The molecule has 1 heterocycles. The summed E-state index contributed by atoms with van der Waals surface area (Å²) in [6.07, 6.45) is 6.08. The molecule has 3 N–H and O–H groups in total. The fourth-order valence-electron chi connectivity index (χ4n) is 2.28. The third-order valence-electron chi connectivity index (χ3n) is 3.23. The molecule has 0 aromatic carbocycles. The Morgan fingerprint density at radius 1 is 1.65 bits per heavy atom. The first-order chi connectivity index (χ1) is 8.20. The number of amides is 1. The van der Waals surface area contributed by atoms with Gasteiger partial charge in [0.25, 0.3) is 0 Å². The molecule has 0 aliphatic heterocycles. The number of nitrogens with two attached hydrogens (primary N) is 1. The lowest BCUT2D eigenvalue weighted by molar-refractivity contribution is 0.100. The van der Waals surface area contributed by atoms with E-state index in [2.05, 4.69) is 11.6 Å². The van der Waals surface area contributed by atoms with E-state index in [1.165, 1.54) is 24.1 Å². The fourth-order valence-corrected chi connectivity index (χ4v) is 4.06. The van der Waals surface area contributed by atoms with Crippen LogP contribution in [0.25, 0.3) is 0 Å². The van der Waals surface area contributed by atoms with Gasteiger partial charge in [-0.15, -0.1) is 11.3 Å². The summed E-state index contributed by atoms with van der Waals surface area (Å²) in [7, 11) is 0. The van der Waals surface area contributed by atoms with Gasteiger partial charge in [-0.05, 0) is 25.2 Å². The molecule has 0 bridgehead atoms. The Bertz CT molecular complexity index is 392. The van der Waals surface area contributed by atoms with Gasteiger partial charge in [0.05, 0.1) is 5.56 Å². The second-order valence-corrected chi connectivity index (χ2v) is 6.43. The lowest BCUT2D eigenvalue weighted by atomic mass is 10.2. The van der Waals surface area contributed by atoms with Crippen LogP contribution < -0.4 is 11.1 Å². The number of thiophene rings is 1. The van der Waals surface area contributed by atoms with Crippen LogP contribution in [0, 0.1) is 0 Å². The van der Waals surface area contributed by atoms with Crippen molar-refractivity contribution in [2.24, 2.45) is 5.73 Å². The number of primary amides is 1. The van der Waals surface area contributed by atoms with E-state index in [-0.39, 0.29) is 5.91 Å². The SMILES string of the molecule is CSC1CCCC1NCc1cc(C(N)=O)cs1. The van der Waals surface area contributed by atoms with Crippen LogP contribution in [0.3, 0.4) is 0 Å². The molecule has 0 saturated heterocycles. The number of rotatable bonds is 5. The van der Waals surface area contributed by atoms with Gasteiger partial charge in [-0.3, -0.25) is 4.79 Å². The molecular formula is C12H18N2OS2. The molecule has 1 aliphatic carbocycles. The summed E-state index contributed by atoms with van der Waals surface area (Å²) in [6.45, 7) is 0.847. The molecule has 94 valence electrons. The van der Waals surface area contributed by atoms with Gasteiger partial charge in [0.1, 0.15) is 0 Å². The summed E-state index contributed by atoms with van der Waals surface area (Å²) < 4.78 is 0. The first-order valence-corrected chi connectivity index (χ1v) is 8.01. The van der Waals surface area contributed by atoms with Crippen LogP contribution in [0.2, 0.25) is 0 Å². The highest BCUT2D eigenvalue weighted by molar-refractivity contribution is 7.99. The van der Waals surface area contributed by atoms with Crippen molar-refractivity contribution in [3.05, 3.63) is 21.9 Å². The van der Waals surface area contributed by atoms with Gasteiger partial charge >= 0.3 is 0 Å². The Kier molecular flexibility index (Phi) is 4.48. The molecule has 1 saturated carbocycles. The summed E-state index contributed by atoms with van der Waals surface area (Å²) in [6, 6.07) is 2.51. The average Bonchev–Trinajstić information content (AvgIpc) is 2.95. The number of hydrogen-bond acceptors (Lipinski definition) is 4. The average molecular weight is 270 g/mol. The molecule has 1 aliphatic rings. The molecule has 3 nitrogen and oxygen atoms in total. The Labute approximate surface area is 110 Å². The van der Waals surface area contributed by atoms with E-state index in [1.54, 1.807) is 11.3 Å². The van der Waals surface area contributed by atoms with Gasteiger partial charge in [0, 0.05) is 28.1 Å².